The number of aryl methyl sites for hydroxylation is 2. The van der Waals surface area contributed by atoms with Gasteiger partial charge in [-0.25, -0.2) is 0 Å². The van der Waals surface area contributed by atoms with E-state index in [4.69, 9.17) is 13.7 Å². The Kier molecular flexibility index (Phi) is 6.82. The molecule has 0 fully saturated rings. The Balaban J connectivity index is 1.63. The van der Waals surface area contributed by atoms with Crippen LogP contribution in [0.5, 0.6) is 5.88 Å². The summed E-state index contributed by atoms with van der Waals surface area (Å²) in [6.07, 6.45) is 1.61. The molecule has 2 aromatic carbocycles. The first-order valence-corrected chi connectivity index (χ1v) is 12.2. The largest absolute Gasteiger partial charge is 0.493 e. The third-order valence-electron chi connectivity index (χ3n) is 6.21. The number of para-hydroxylation sites is 2. The van der Waals surface area contributed by atoms with Gasteiger partial charge < -0.3 is 18.8 Å². The number of aromatic hydroxyl groups is 1. The highest BCUT2D eigenvalue weighted by atomic mass is 16.5. The first-order chi connectivity index (χ1) is 18.0. The molecule has 0 amide bonds. The van der Waals surface area contributed by atoms with E-state index in [1.54, 1.807) is 0 Å². The fraction of sp³-hybridized carbons (Fsp3) is 0.296. The fourth-order valence-electron chi connectivity index (χ4n) is 4.40. The lowest BCUT2D eigenvalue weighted by Crippen LogP contribution is -2.27. The molecule has 0 aliphatic rings. The minimum atomic E-state index is -0.514. The van der Waals surface area contributed by atoms with Crippen LogP contribution in [0.2, 0.25) is 0 Å². The van der Waals surface area contributed by atoms with Gasteiger partial charge in [-0.2, -0.15) is 4.98 Å². The second kappa shape index (κ2) is 10.4. The van der Waals surface area contributed by atoms with Crippen LogP contribution in [0.25, 0.3) is 28.1 Å². The third-order valence-corrected chi connectivity index (χ3v) is 6.21. The molecule has 0 atom stereocenters. The van der Waals surface area contributed by atoms with Gasteiger partial charge in [0.2, 0.25) is 11.8 Å². The summed E-state index contributed by atoms with van der Waals surface area (Å²) >= 11 is 0. The van der Waals surface area contributed by atoms with E-state index in [0.717, 1.165) is 22.2 Å². The maximum atomic E-state index is 14.0. The second-order valence-corrected chi connectivity index (χ2v) is 8.44. The summed E-state index contributed by atoms with van der Waals surface area (Å²) in [5.41, 5.74) is 3.27. The van der Waals surface area contributed by atoms with Crippen molar-refractivity contribution in [2.75, 3.05) is 6.61 Å². The SMILES string of the molecule is CCOCc1nc(O)c(-c2nnc(Cc3noc4ccccc34)o2)c(=O)n1-c1c(CC)cccc1CC. The van der Waals surface area contributed by atoms with E-state index < -0.39 is 11.4 Å². The van der Waals surface area contributed by atoms with Crippen LogP contribution in [0, 0.1) is 0 Å². The standard InChI is InChI=1S/C27H27N5O5/c1-4-16-10-9-11-17(5-2)24(16)32-21(15-35-6-3)28-25(33)23(27(32)34)26-30-29-22(36-26)14-19-18-12-7-8-13-20(18)37-31-19/h7-13,33H,4-6,14-15H2,1-3H3. The number of hydrogen-bond acceptors (Lipinski definition) is 9. The van der Waals surface area contributed by atoms with Crippen molar-refractivity contribution in [3.63, 3.8) is 0 Å². The zero-order valence-electron chi connectivity index (χ0n) is 20.9. The van der Waals surface area contributed by atoms with Crippen molar-refractivity contribution < 1.29 is 18.8 Å². The van der Waals surface area contributed by atoms with Crippen LogP contribution in [0.15, 0.2) is 56.2 Å². The Labute approximate surface area is 212 Å². The van der Waals surface area contributed by atoms with Gasteiger partial charge in [0, 0.05) is 12.0 Å². The molecular weight excluding hydrogens is 474 g/mol. The van der Waals surface area contributed by atoms with E-state index in [1.807, 2.05) is 63.2 Å². The molecule has 10 nitrogen and oxygen atoms in total. The zero-order valence-corrected chi connectivity index (χ0v) is 20.9. The molecule has 0 bridgehead atoms. The number of fused-ring (bicyclic) bond motifs is 1. The topological polar surface area (TPSA) is 129 Å². The first-order valence-electron chi connectivity index (χ1n) is 12.2. The molecule has 0 unspecified atom stereocenters. The summed E-state index contributed by atoms with van der Waals surface area (Å²) in [6, 6.07) is 13.4. The number of ether oxygens (including phenoxy) is 1. The summed E-state index contributed by atoms with van der Waals surface area (Å²) < 4.78 is 18.3. The molecule has 10 heteroatoms. The highest BCUT2D eigenvalue weighted by Crippen LogP contribution is 2.28. The van der Waals surface area contributed by atoms with Gasteiger partial charge >= 0.3 is 0 Å². The first kappa shape index (κ1) is 24.4. The number of rotatable bonds is 9. The molecule has 3 heterocycles. The van der Waals surface area contributed by atoms with Gasteiger partial charge in [0.1, 0.15) is 18.1 Å². The highest BCUT2D eigenvalue weighted by Gasteiger charge is 2.26. The maximum Gasteiger partial charge on any atom is 0.274 e. The van der Waals surface area contributed by atoms with Gasteiger partial charge in [0.15, 0.2) is 11.1 Å². The summed E-state index contributed by atoms with van der Waals surface area (Å²) in [4.78, 5) is 18.3. The molecule has 0 aliphatic carbocycles. The third kappa shape index (κ3) is 4.51. The van der Waals surface area contributed by atoms with E-state index in [-0.39, 0.29) is 36.2 Å². The molecule has 37 heavy (non-hydrogen) atoms. The average molecular weight is 502 g/mol. The van der Waals surface area contributed by atoms with Crippen molar-refractivity contribution in [3.8, 4) is 23.0 Å². The lowest BCUT2D eigenvalue weighted by Gasteiger charge is -2.19. The smallest absolute Gasteiger partial charge is 0.274 e. The second-order valence-electron chi connectivity index (χ2n) is 8.44. The van der Waals surface area contributed by atoms with E-state index >= 15 is 0 Å². The summed E-state index contributed by atoms with van der Waals surface area (Å²) in [5.74, 6) is -0.106. The molecule has 0 aliphatic heterocycles. The summed E-state index contributed by atoms with van der Waals surface area (Å²) in [7, 11) is 0. The van der Waals surface area contributed by atoms with Crippen LogP contribution < -0.4 is 5.56 Å². The minimum Gasteiger partial charge on any atom is -0.493 e. The van der Waals surface area contributed by atoms with Crippen molar-refractivity contribution >= 4 is 11.0 Å². The van der Waals surface area contributed by atoms with Gasteiger partial charge in [-0.1, -0.05) is 49.3 Å². The molecule has 5 aromatic rings. The Morgan fingerprint density at radius 2 is 1.76 bits per heavy atom. The van der Waals surface area contributed by atoms with Gasteiger partial charge in [0.05, 0.1) is 12.1 Å². The van der Waals surface area contributed by atoms with Crippen LogP contribution in [0.1, 0.15) is 49.3 Å². The van der Waals surface area contributed by atoms with Gasteiger partial charge in [-0.3, -0.25) is 9.36 Å². The molecule has 0 saturated heterocycles. The molecule has 190 valence electrons. The number of hydrogen-bond donors (Lipinski definition) is 1. The van der Waals surface area contributed by atoms with E-state index in [2.05, 4.69) is 20.3 Å². The predicted octanol–water partition coefficient (Wildman–Crippen LogP) is 4.38. The molecule has 1 N–H and O–H groups in total. The van der Waals surface area contributed by atoms with Crippen molar-refractivity contribution in [1.82, 2.24) is 24.9 Å². The Bertz CT molecular complexity index is 1600. The minimum absolute atomic E-state index is 0.0507. The van der Waals surface area contributed by atoms with Crippen LogP contribution >= 0.6 is 0 Å². The highest BCUT2D eigenvalue weighted by molar-refractivity contribution is 5.79. The van der Waals surface area contributed by atoms with Crippen LogP contribution in [0.4, 0.5) is 0 Å². The van der Waals surface area contributed by atoms with Crippen LogP contribution in [0.3, 0.4) is 0 Å². The molecule has 5 rings (SSSR count). The molecule has 0 saturated carbocycles. The van der Waals surface area contributed by atoms with Crippen molar-refractivity contribution in [2.24, 2.45) is 0 Å². The van der Waals surface area contributed by atoms with E-state index in [1.165, 1.54) is 4.57 Å². The fourth-order valence-corrected chi connectivity index (χ4v) is 4.40. The number of aromatic nitrogens is 5. The zero-order chi connectivity index (χ0) is 25.9. The normalized spacial score (nSPS) is 11.4. The van der Waals surface area contributed by atoms with Crippen LogP contribution in [-0.4, -0.2) is 36.6 Å². The van der Waals surface area contributed by atoms with Gasteiger partial charge in [-0.15, -0.1) is 10.2 Å². The Hall–Kier alpha value is -4.31. The van der Waals surface area contributed by atoms with E-state index in [9.17, 15) is 9.90 Å². The Morgan fingerprint density at radius 3 is 2.49 bits per heavy atom. The lowest BCUT2D eigenvalue weighted by molar-refractivity contribution is 0.125. The van der Waals surface area contributed by atoms with Crippen molar-refractivity contribution in [1.29, 1.82) is 0 Å². The Morgan fingerprint density at radius 1 is 1.00 bits per heavy atom. The molecule has 0 radical (unpaired) electrons. The molecule has 0 spiro atoms. The summed E-state index contributed by atoms with van der Waals surface area (Å²) in [5, 5.41) is 23.9. The summed E-state index contributed by atoms with van der Waals surface area (Å²) in [6.45, 7) is 6.38. The van der Waals surface area contributed by atoms with Crippen LogP contribution in [-0.2, 0) is 30.6 Å². The van der Waals surface area contributed by atoms with Crippen molar-refractivity contribution in [3.05, 3.63) is 81.4 Å². The molecular formula is C27H27N5O5. The van der Waals surface area contributed by atoms with Gasteiger partial charge in [-0.05, 0) is 43.0 Å². The quantitative estimate of drug-likeness (QED) is 0.313. The van der Waals surface area contributed by atoms with Crippen molar-refractivity contribution in [2.45, 2.75) is 46.6 Å². The van der Waals surface area contributed by atoms with E-state index in [0.29, 0.717) is 30.7 Å². The predicted molar refractivity (Wildman–Crippen MR) is 136 cm³/mol. The molecule has 3 aromatic heterocycles. The number of benzene rings is 2. The van der Waals surface area contributed by atoms with Gasteiger partial charge in [0.25, 0.3) is 11.4 Å². The lowest BCUT2D eigenvalue weighted by atomic mass is 10.0. The monoisotopic (exact) mass is 501 g/mol. The average Bonchev–Trinajstić information content (AvgIpc) is 3.54. The number of nitrogens with zero attached hydrogens (tertiary/aromatic N) is 5. The maximum absolute atomic E-state index is 14.0.